The van der Waals surface area contributed by atoms with Crippen molar-refractivity contribution in [3.63, 3.8) is 0 Å². The van der Waals surface area contributed by atoms with Crippen LogP contribution in [0.25, 0.3) is 10.8 Å². The highest BCUT2D eigenvalue weighted by atomic mass is 32.1. The number of carbonyl (C=O) groups is 2. The number of furan rings is 1. The van der Waals surface area contributed by atoms with Crippen LogP contribution < -0.4 is 5.32 Å². The maximum atomic E-state index is 12.3. The SMILES string of the molecule is Cc1ccc(-c2nc(CC(=O)NC(C)(CC(=O)O)C(C)C)cs2)o1. The average molecular weight is 350 g/mol. The fourth-order valence-electron chi connectivity index (χ4n) is 2.28. The first-order chi connectivity index (χ1) is 11.2. The third-order valence-corrected chi connectivity index (χ3v) is 4.97. The number of carbonyl (C=O) groups excluding carboxylic acids is 1. The quantitative estimate of drug-likeness (QED) is 0.799. The zero-order valence-electron chi connectivity index (χ0n) is 14.3. The lowest BCUT2D eigenvalue weighted by molar-refractivity contribution is -0.139. The average Bonchev–Trinajstić information content (AvgIpc) is 3.06. The third kappa shape index (κ3) is 4.44. The third-order valence-electron chi connectivity index (χ3n) is 4.06. The number of rotatable bonds is 7. The zero-order chi connectivity index (χ0) is 17.9. The van der Waals surface area contributed by atoms with Crippen LogP contribution >= 0.6 is 11.3 Å². The predicted molar refractivity (Wildman–Crippen MR) is 91.9 cm³/mol. The Morgan fingerprint density at radius 1 is 1.42 bits per heavy atom. The number of aryl methyl sites for hydroxylation is 1. The Morgan fingerprint density at radius 2 is 2.12 bits per heavy atom. The number of thiazole rings is 1. The molecule has 1 atom stereocenters. The summed E-state index contributed by atoms with van der Waals surface area (Å²) in [7, 11) is 0. The molecule has 0 saturated heterocycles. The Balaban J connectivity index is 2.04. The van der Waals surface area contributed by atoms with E-state index in [4.69, 9.17) is 9.52 Å². The van der Waals surface area contributed by atoms with Crippen LogP contribution in [0.4, 0.5) is 0 Å². The number of hydrogen-bond acceptors (Lipinski definition) is 5. The lowest BCUT2D eigenvalue weighted by Crippen LogP contribution is -2.51. The number of aromatic nitrogens is 1. The fraction of sp³-hybridized carbons (Fsp3) is 0.471. The number of nitrogens with zero attached hydrogens (tertiary/aromatic N) is 1. The summed E-state index contributed by atoms with van der Waals surface area (Å²) in [4.78, 5) is 27.8. The molecule has 6 nitrogen and oxygen atoms in total. The molecule has 7 heteroatoms. The van der Waals surface area contributed by atoms with Crippen molar-refractivity contribution in [3.8, 4) is 10.8 Å². The van der Waals surface area contributed by atoms with Gasteiger partial charge in [-0.15, -0.1) is 11.3 Å². The van der Waals surface area contributed by atoms with Gasteiger partial charge in [0.15, 0.2) is 10.8 Å². The van der Waals surface area contributed by atoms with E-state index < -0.39 is 11.5 Å². The molecule has 0 saturated carbocycles. The summed E-state index contributed by atoms with van der Waals surface area (Å²) in [6.07, 6.45) is -0.0114. The molecule has 0 aromatic carbocycles. The van der Waals surface area contributed by atoms with Gasteiger partial charge in [-0.05, 0) is 31.9 Å². The molecule has 0 spiro atoms. The van der Waals surface area contributed by atoms with Crippen molar-refractivity contribution in [2.24, 2.45) is 5.92 Å². The van der Waals surface area contributed by atoms with Gasteiger partial charge in [0, 0.05) is 10.9 Å². The van der Waals surface area contributed by atoms with Crippen molar-refractivity contribution in [2.45, 2.75) is 46.1 Å². The van der Waals surface area contributed by atoms with Gasteiger partial charge in [-0.2, -0.15) is 0 Å². The summed E-state index contributed by atoms with van der Waals surface area (Å²) < 4.78 is 5.53. The first kappa shape index (κ1) is 18.2. The van der Waals surface area contributed by atoms with Crippen LogP contribution in [0.5, 0.6) is 0 Å². The fourth-order valence-corrected chi connectivity index (χ4v) is 3.06. The van der Waals surface area contributed by atoms with Crippen LogP contribution in [-0.2, 0) is 16.0 Å². The van der Waals surface area contributed by atoms with Crippen LogP contribution in [-0.4, -0.2) is 27.5 Å². The van der Waals surface area contributed by atoms with E-state index in [0.717, 1.165) is 10.8 Å². The van der Waals surface area contributed by atoms with Crippen molar-refractivity contribution in [3.05, 3.63) is 29.0 Å². The standard InChI is InChI=1S/C17H22N2O4S/c1-10(2)17(4,8-15(21)22)19-14(20)7-12-9-24-16(18-12)13-6-5-11(3)23-13/h5-6,9-10H,7-8H2,1-4H3,(H,19,20)(H,21,22). The van der Waals surface area contributed by atoms with E-state index in [2.05, 4.69) is 10.3 Å². The van der Waals surface area contributed by atoms with E-state index in [1.165, 1.54) is 11.3 Å². The number of carboxylic acids is 1. The van der Waals surface area contributed by atoms with Crippen molar-refractivity contribution in [1.29, 1.82) is 0 Å². The largest absolute Gasteiger partial charge is 0.481 e. The summed E-state index contributed by atoms with van der Waals surface area (Å²) in [5.74, 6) is 0.313. The van der Waals surface area contributed by atoms with Gasteiger partial charge in [-0.3, -0.25) is 9.59 Å². The summed E-state index contributed by atoms with van der Waals surface area (Å²) in [6, 6.07) is 3.71. The van der Waals surface area contributed by atoms with Crippen LogP contribution in [0, 0.1) is 12.8 Å². The number of carboxylic acid groups (broad SMARTS) is 1. The highest BCUT2D eigenvalue weighted by molar-refractivity contribution is 7.13. The monoisotopic (exact) mass is 350 g/mol. The molecule has 0 aliphatic rings. The normalized spacial score (nSPS) is 13.7. The minimum absolute atomic E-state index is 0.00496. The minimum Gasteiger partial charge on any atom is -0.481 e. The first-order valence-corrected chi connectivity index (χ1v) is 8.61. The second kappa shape index (κ2) is 7.17. The van der Waals surface area contributed by atoms with Crippen molar-refractivity contribution in [2.75, 3.05) is 0 Å². The summed E-state index contributed by atoms with van der Waals surface area (Å²) in [5.41, 5.74) is -0.150. The van der Waals surface area contributed by atoms with Gasteiger partial charge in [-0.1, -0.05) is 13.8 Å². The molecule has 0 bridgehead atoms. The molecule has 0 radical (unpaired) electrons. The number of nitrogens with one attached hydrogen (secondary N) is 1. The van der Waals surface area contributed by atoms with Gasteiger partial charge < -0.3 is 14.8 Å². The molecule has 2 N–H and O–H groups in total. The first-order valence-electron chi connectivity index (χ1n) is 7.73. The predicted octanol–water partition coefficient (Wildman–Crippen LogP) is 3.26. The van der Waals surface area contributed by atoms with Crippen LogP contribution in [0.1, 0.15) is 38.6 Å². The maximum absolute atomic E-state index is 12.3. The Labute approximate surface area is 144 Å². The van der Waals surface area contributed by atoms with E-state index in [9.17, 15) is 9.59 Å². The number of aliphatic carboxylic acids is 1. The van der Waals surface area contributed by atoms with E-state index in [-0.39, 0.29) is 24.7 Å². The highest BCUT2D eigenvalue weighted by Gasteiger charge is 2.32. The van der Waals surface area contributed by atoms with Crippen molar-refractivity contribution in [1.82, 2.24) is 10.3 Å². The molecular weight excluding hydrogens is 328 g/mol. The topological polar surface area (TPSA) is 92.4 Å². The number of amides is 1. The molecule has 2 aromatic rings. The second-order valence-corrected chi connectivity index (χ2v) is 7.28. The van der Waals surface area contributed by atoms with Gasteiger partial charge in [0.25, 0.3) is 0 Å². The summed E-state index contributed by atoms with van der Waals surface area (Å²) >= 11 is 1.41. The smallest absolute Gasteiger partial charge is 0.305 e. The van der Waals surface area contributed by atoms with Crippen LogP contribution in [0.2, 0.25) is 0 Å². The Kier molecular flexibility index (Phi) is 5.43. The van der Waals surface area contributed by atoms with E-state index in [1.807, 2.05) is 38.3 Å². The lowest BCUT2D eigenvalue weighted by atomic mass is 9.85. The highest BCUT2D eigenvalue weighted by Crippen LogP contribution is 2.26. The molecule has 0 aliphatic heterocycles. The van der Waals surface area contributed by atoms with Gasteiger partial charge in [0.1, 0.15) is 5.76 Å². The van der Waals surface area contributed by atoms with E-state index in [0.29, 0.717) is 11.5 Å². The molecule has 0 fully saturated rings. The van der Waals surface area contributed by atoms with E-state index >= 15 is 0 Å². The molecule has 2 aromatic heterocycles. The Bertz CT molecular complexity index is 735. The summed E-state index contributed by atoms with van der Waals surface area (Å²) in [5, 5.41) is 14.4. The molecule has 0 aliphatic carbocycles. The molecule has 130 valence electrons. The van der Waals surface area contributed by atoms with Gasteiger partial charge in [0.2, 0.25) is 5.91 Å². The second-order valence-electron chi connectivity index (χ2n) is 6.42. The van der Waals surface area contributed by atoms with Crippen LogP contribution in [0.3, 0.4) is 0 Å². The van der Waals surface area contributed by atoms with Crippen molar-refractivity contribution >= 4 is 23.2 Å². The van der Waals surface area contributed by atoms with Gasteiger partial charge in [-0.25, -0.2) is 4.98 Å². The molecule has 2 heterocycles. The maximum Gasteiger partial charge on any atom is 0.305 e. The summed E-state index contributed by atoms with van der Waals surface area (Å²) in [6.45, 7) is 7.40. The van der Waals surface area contributed by atoms with Gasteiger partial charge >= 0.3 is 5.97 Å². The molecule has 2 rings (SSSR count). The Morgan fingerprint density at radius 3 is 2.67 bits per heavy atom. The molecule has 24 heavy (non-hydrogen) atoms. The zero-order valence-corrected chi connectivity index (χ0v) is 15.1. The van der Waals surface area contributed by atoms with Gasteiger partial charge in [0.05, 0.1) is 18.5 Å². The van der Waals surface area contributed by atoms with E-state index in [1.54, 1.807) is 6.92 Å². The van der Waals surface area contributed by atoms with Crippen LogP contribution in [0.15, 0.2) is 21.9 Å². The molecule has 1 amide bonds. The number of hydrogen-bond donors (Lipinski definition) is 2. The Hall–Kier alpha value is -2.15. The lowest BCUT2D eigenvalue weighted by Gasteiger charge is -2.33. The minimum atomic E-state index is -0.935. The van der Waals surface area contributed by atoms with Crippen molar-refractivity contribution < 1.29 is 19.1 Å². The molecule has 1 unspecified atom stereocenters. The molecular formula is C17H22N2O4S.